The summed E-state index contributed by atoms with van der Waals surface area (Å²) in [6.45, 7) is 0.449. The average Bonchev–Trinajstić information content (AvgIpc) is 2.90. The van der Waals surface area contributed by atoms with Gasteiger partial charge in [-0.1, -0.05) is 22.0 Å². The summed E-state index contributed by atoms with van der Waals surface area (Å²) in [4.78, 5) is 12.5. The lowest BCUT2D eigenvalue weighted by molar-refractivity contribution is 0.102. The fourth-order valence-corrected chi connectivity index (χ4v) is 4.78. The first-order valence-electron chi connectivity index (χ1n) is 7.24. The van der Waals surface area contributed by atoms with Crippen LogP contribution in [0.25, 0.3) is 0 Å². The van der Waals surface area contributed by atoms with Crippen molar-refractivity contribution in [2.45, 2.75) is 6.42 Å². The maximum Gasteiger partial charge on any atom is 0.255 e. The lowest BCUT2D eigenvalue weighted by atomic mass is 10.2. The highest BCUT2D eigenvalue weighted by Crippen LogP contribution is 2.28. The van der Waals surface area contributed by atoms with E-state index in [2.05, 4.69) is 37.2 Å². The SMILES string of the molecule is O=C(Nc1cc(Br)ccc1Br)c1cccc(N2CCCS2(=O)=O)c1. The first-order chi connectivity index (χ1) is 11.4. The molecule has 0 atom stereocenters. The Morgan fingerprint density at radius 2 is 1.92 bits per heavy atom. The third-order valence-corrected chi connectivity index (χ3v) is 6.73. The van der Waals surface area contributed by atoms with Crippen molar-refractivity contribution in [3.8, 4) is 0 Å². The van der Waals surface area contributed by atoms with Crippen LogP contribution in [0.3, 0.4) is 0 Å². The van der Waals surface area contributed by atoms with Crippen molar-refractivity contribution < 1.29 is 13.2 Å². The van der Waals surface area contributed by atoms with E-state index in [0.29, 0.717) is 29.9 Å². The van der Waals surface area contributed by atoms with Crippen LogP contribution in [-0.2, 0) is 10.0 Å². The standard InChI is InChI=1S/C16H14Br2N2O3S/c17-12-5-6-14(18)15(10-12)19-16(21)11-3-1-4-13(9-11)20-7-2-8-24(20,22)23/h1,3-6,9-10H,2,7-8H2,(H,19,21). The molecule has 1 heterocycles. The molecule has 1 fully saturated rings. The highest BCUT2D eigenvalue weighted by molar-refractivity contribution is 9.11. The van der Waals surface area contributed by atoms with Crippen molar-refractivity contribution in [2.24, 2.45) is 0 Å². The molecule has 0 bridgehead atoms. The second kappa shape index (κ2) is 6.85. The molecule has 24 heavy (non-hydrogen) atoms. The van der Waals surface area contributed by atoms with Crippen molar-refractivity contribution in [1.29, 1.82) is 0 Å². The molecule has 2 aromatic rings. The van der Waals surface area contributed by atoms with Crippen LogP contribution in [-0.4, -0.2) is 26.6 Å². The van der Waals surface area contributed by atoms with Gasteiger partial charge in [0.05, 0.1) is 17.1 Å². The molecular formula is C16H14Br2N2O3S. The fourth-order valence-electron chi connectivity index (χ4n) is 2.52. The Balaban J connectivity index is 1.86. The van der Waals surface area contributed by atoms with Crippen LogP contribution in [0.1, 0.15) is 16.8 Å². The zero-order valence-corrected chi connectivity index (χ0v) is 16.5. The average molecular weight is 474 g/mol. The Labute approximate surface area is 157 Å². The number of rotatable bonds is 3. The van der Waals surface area contributed by atoms with Gasteiger partial charge in [-0.25, -0.2) is 8.42 Å². The molecule has 0 saturated carbocycles. The van der Waals surface area contributed by atoms with E-state index in [-0.39, 0.29) is 11.7 Å². The summed E-state index contributed by atoms with van der Waals surface area (Å²) in [7, 11) is -3.27. The number of hydrogen-bond acceptors (Lipinski definition) is 3. The second-order valence-electron chi connectivity index (χ2n) is 5.37. The lowest BCUT2D eigenvalue weighted by Gasteiger charge is -2.17. The van der Waals surface area contributed by atoms with E-state index >= 15 is 0 Å². The first-order valence-corrected chi connectivity index (χ1v) is 10.4. The van der Waals surface area contributed by atoms with Crippen LogP contribution in [0, 0.1) is 0 Å². The van der Waals surface area contributed by atoms with Crippen LogP contribution < -0.4 is 9.62 Å². The largest absolute Gasteiger partial charge is 0.321 e. The molecule has 1 amide bonds. The minimum absolute atomic E-state index is 0.147. The molecule has 1 aliphatic rings. The number of amides is 1. The molecule has 126 valence electrons. The van der Waals surface area contributed by atoms with E-state index < -0.39 is 10.0 Å². The van der Waals surface area contributed by atoms with Crippen molar-refractivity contribution in [3.05, 3.63) is 57.0 Å². The minimum atomic E-state index is -3.27. The van der Waals surface area contributed by atoms with Gasteiger partial charge in [0.2, 0.25) is 10.0 Å². The monoisotopic (exact) mass is 472 g/mol. The first kappa shape index (κ1) is 17.4. The third-order valence-electron chi connectivity index (χ3n) is 3.67. The van der Waals surface area contributed by atoms with Crippen molar-refractivity contribution in [1.82, 2.24) is 0 Å². The Hall–Kier alpha value is -1.38. The van der Waals surface area contributed by atoms with E-state index in [1.807, 2.05) is 12.1 Å². The number of hydrogen-bond donors (Lipinski definition) is 1. The van der Waals surface area contributed by atoms with E-state index in [1.54, 1.807) is 30.3 Å². The Kier molecular flexibility index (Phi) is 4.98. The van der Waals surface area contributed by atoms with Crippen LogP contribution in [0.5, 0.6) is 0 Å². The van der Waals surface area contributed by atoms with Gasteiger partial charge >= 0.3 is 0 Å². The van der Waals surface area contributed by atoms with Crippen molar-refractivity contribution >= 4 is 59.2 Å². The molecule has 1 aliphatic heterocycles. The number of carbonyl (C=O) groups is 1. The molecule has 3 rings (SSSR count). The summed E-state index contributed by atoms with van der Waals surface area (Å²) in [6, 6.07) is 12.1. The highest BCUT2D eigenvalue weighted by Gasteiger charge is 2.28. The number of nitrogens with zero attached hydrogens (tertiary/aromatic N) is 1. The lowest BCUT2D eigenvalue weighted by Crippen LogP contribution is -2.25. The van der Waals surface area contributed by atoms with E-state index in [4.69, 9.17) is 0 Å². The van der Waals surface area contributed by atoms with Gasteiger partial charge in [0.15, 0.2) is 0 Å². The van der Waals surface area contributed by atoms with Crippen molar-refractivity contribution in [3.63, 3.8) is 0 Å². The van der Waals surface area contributed by atoms with Gasteiger partial charge < -0.3 is 5.32 Å². The highest BCUT2D eigenvalue weighted by atomic mass is 79.9. The molecule has 0 aromatic heterocycles. The van der Waals surface area contributed by atoms with Crippen LogP contribution >= 0.6 is 31.9 Å². The summed E-state index contributed by atoms with van der Waals surface area (Å²) >= 11 is 6.76. The number of carbonyl (C=O) groups excluding carboxylic acids is 1. The predicted octanol–water partition coefficient (Wildman–Crippen LogP) is 4.00. The molecule has 1 N–H and O–H groups in total. The molecule has 0 aliphatic carbocycles. The quantitative estimate of drug-likeness (QED) is 0.732. The second-order valence-corrected chi connectivity index (χ2v) is 9.15. The van der Waals surface area contributed by atoms with E-state index in [1.165, 1.54) is 4.31 Å². The van der Waals surface area contributed by atoms with Gasteiger partial charge in [0.1, 0.15) is 0 Å². The Morgan fingerprint density at radius 3 is 2.62 bits per heavy atom. The van der Waals surface area contributed by atoms with Gasteiger partial charge in [-0.15, -0.1) is 0 Å². The van der Waals surface area contributed by atoms with Gasteiger partial charge in [0, 0.05) is 21.1 Å². The van der Waals surface area contributed by atoms with Gasteiger partial charge in [0.25, 0.3) is 5.91 Å². The molecular weight excluding hydrogens is 460 g/mol. The van der Waals surface area contributed by atoms with Crippen LogP contribution in [0.2, 0.25) is 0 Å². The van der Waals surface area contributed by atoms with Crippen LogP contribution in [0.15, 0.2) is 51.4 Å². The number of anilines is 2. The summed E-state index contributed by atoms with van der Waals surface area (Å²) in [5.41, 5.74) is 1.56. The minimum Gasteiger partial charge on any atom is -0.321 e. The molecule has 0 unspecified atom stereocenters. The normalized spacial score (nSPS) is 16.2. The van der Waals surface area contributed by atoms with Gasteiger partial charge in [-0.3, -0.25) is 9.10 Å². The third kappa shape index (κ3) is 3.65. The summed E-state index contributed by atoms with van der Waals surface area (Å²) < 4.78 is 27.0. The Morgan fingerprint density at radius 1 is 1.12 bits per heavy atom. The maximum atomic E-state index is 12.5. The predicted molar refractivity (Wildman–Crippen MR) is 102 cm³/mol. The molecule has 5 nitrogen and oxygen atoms in total. The number of sulfonamides is 1. The zero-order chi connectivity index (χ0) is 17.3. The molecule has 0 radical (unpaired) electrons. The summed E-state index contributed by atoms with van der Waals surface area (Å²) in [6.07, 6.45) is 0.601. The van der Waals surface area contributed by atoms with Crippen molar-refractivity contribution in [2.75, 3.05) is 21.9 Å². The number of benzene rings is 2. The molecule has 1 saturated heterocycles. The smallest absolute Gasteiger partial charge is 0.255 e. The van der Waals surface area contributed by atoms with E-state index in [0.717, 1.165) is 8.95 Å². The number of nitrogens with one attached hydrogen (secondary N) is 1. The summed E-state index contributed by atoms with van der Waals surface area (Å²) in [5.74, 6) is -0.152. The molecule has 0 spiro atoms. The van der Waals surface area contributed by atoms with Gasteiger partial charge in [-0.2, -0.15) is 0 Å². The number of halogens is 2. The maximum absolute atomic E-state index is 12.5. The topological polar surface area (TPSA) is 66.5 Å². The molecule has 8 heteroatoms. The van der Waals surface area contributed by atoms with Crippen LogP contribution in [0.4, 0.5) is 11.4 Å². The summed E-state index contributed by atoms with van der Waals surface area (Å²) in [5, 5.41) is 2.82. The van der Waals surface area contributed by atoms with E-state index in [9.17, 15) is 13.2 Å². The van der Waals surface area contributed by atoms with Gasteiger partial charge in [-0.05, 0) is 58.7 Å². The fraction of sp³-hybridized carbons (Fsp3) is 0.188. The Bertz CT molecular complexity index is 900. The zero-order valence-electron chi connectivity index (χ0n) is 12.5. The molecule has 2 aromatic carbocycles.